The first-order valence-corrected chi connectivity index (χ1v) is 9.96. The van der Waals surface area contributed by atoms with Crippen molar-refractivity contribution in [2.24, 2.45) is 0 Å². The number of nitriles is 1. The predicted octanol–water partition coefficient (Wildman–Crippen LogP) is 5.29. The number of nitrogens with zero attached hydrogens (tertiary/aromatic N) is 5. The van der Waals surface area contributed by atoms with Gasteiger partial charge in [0.15, 0.2) is 0 Å². The van der Waals surface area contributed by atoms with Gasteiger partial charge < -0.3 is 9.09 Å². The van der Waals surface area contributed by atoms with E-state index < -0.39 is 0 Å². The van der Waals surface area contributed by atoms with Gasteiger partial charge in [0.25, 0.3) is 0 Å². The van der Waals surface area contributed by atoms with Crippen molar-refractivity contribution in [3.63, 3.8) is 0 Å². The maximum Gasteiger partial charge on any atom is 0.141 e. The van der Waals surface area contributed by atoms with Crippen LogP contribution in [0.25, 0.3) is 33.2 Å². The molecule has 0 aliphatic heterocycles. The van der Waals surface area contributed by atoms with E-state index >= 15 is 0 Å². The highest BCUT2D eigenvalue weighted by atomic mass is 16.5. The van der Waals surface area contributed by atoms with Crippen LogP contribution in [0.15, 0.2) is 71.6 Å². The third kappa shape index (κ3) is 3.36. The summed E-state index contributed by atoms with van der Waals surface area (Å²) in [6.07, 6.45) is 5.68. The molecule has 0 spiro atoms. The lowest BCUT2D eigenvalue weighted by Crippen LogP contribution is -1.99. The minimum absolute atomic E-state index is 0.404. The first-order chi connectivity index (χ1) is 15.1. The van der Waals surface area contributed by atoms with Crippen LogP contribution in [0.4, 0.5) is 0 Å². The van der Waals surface area contributed by atoms with Crippen LogP contribution in [0.5, 0.6) is 0 Å². The second kappa shape index (κ2) is 7.54. The largest absolute Gasteiger partial charge is 0.361 e. The number of pyridine rings is 2. The highest BCUT2D eigenvalue weighted by Gasteiger charge is 2.16. The lowest BCUT2D eigenvalue weighted by atomic mass is 10.0. The van der Waals surface area contributed by atoms with E-state index in [1.54, 1.807) is 12.3 Å². The Kier molecular flexibility index (Phi) is 4.57. The monoisotopic (exact) mass is 405 g/mol. The van der Waals surface area contributed by atoms with E-state index in [9.17, 15) is 0 Å². The summed E-state index contributed by atoms with van der Waals surface area (Å²) in [5.74, 6) is 0.802. The predicted molar refractivity (Wildman–Crippen MR) is 118 cm³/mol. The van der Waals surface area contributed by atoms with Crippen LogP contribution in [-0.4, -0.2) is 19.7 Å². The molecule has 0 aliphatic rings. The van der Waals surface area contributed by atoms with Crippen molar-refractivity contribution in [1.82, 2.24) is 19.7 Å². The van der Waals surface area contributed by atoms with Crippen LogP contribution in [0.1, 0.15) is 22.8 Å². The third-order valence-corrected chi connectivity index (χ3v) is 5.45. The van der Waals surface area contributed by atoms with Gasteiger partial charge >= 0.3 is 0 Å². The molecule has 4 heterocycles. The van der Waals surface area contributed by atoms with Gasteiger partial charge in [-0.05, 0) is 49.7 Å². The second-order valence-corrected chi connectivity index (χ2v) is 7.47. The molecule has 1 aromatic carbocycles. The molecule has 0 fully saturated rings. The van der Waals surface area contributed by atoms with Crippen LogP contribution >= 0.6 is 0 Å². The van der Waals surface area contributed by atoms with E-state index in [0.717, 1.165) is 50.3 Å². The van der Waals surface area contributed by atoms with Crippen molar-refractivity contribution >= 4 is 10.9 Å². The van der Waals surface area contributed by atoms with E-state index in [1.165, 1.54) is 0 Å². The first kappa shape index (κ1) is 18.8. The highest BCUT2D eigenvalue weighted by Crippen LogP contribution is 2.35. The van der Waals surface area contributed by atoms with Crippen LogP contribution in [0, 0.1) is 25.2 Å². The SMILES string of the molecule is Cc1noc(C)c1-c1ccc2c(-c3ccc(C#N)nc3)cn(Cc3ccccn3)c2c1. The topological polar surface area (TPSA) is 80.5 Å². The number of aromatic nitrogens is 4. The van der Waals surface area contributed by atoms with Crippen molar-refractivity contribution in [3.05, 3.63) is 90.0 Å². The van der Waals surface area contributed by atoms with Crippen molar-refractivity contribution in [1.29, 1.82) is 5.26 Å². The molecule has 5 rings (SSSR count). The molecule has 0 radical (unpaired) electrons. The second-order valence-electron chi connectivity index (χ2n) is 7.47. The van der Waals surface area contributed by atoms with Gasteiger partial charge in [0, 0.05) is 46.2 Å². The normalized spacial score (nSPS) is 11.0. The van der Waals surface area contributed by atoms with Gasteiger partial charge in [0.1, 0.15) is 17.5 Å². The Morgan fingerprint density at radius 2 is 1.90 bits per heavy atom. The molecular formula is C25H19N5O. The summed E-state index contributed by atoms with van der Waals surface area (Å²) in [6.45, 7) is 4.53. The fourth-order valence-electron chi connectivity index (χ4n) is 3.99. The Morgan fingerprint density at radius 1 is 1.03 bits per heavy atom. The lowest BCUT2D eigenvalue weighted by Gasteiger charge is -2.07. The van der Waals surface area contributed by atoms with Gasteiger partial charge in [-0.1, -0.05) is 23.4 Å². The minimum Gasteiger partial charge on any atom is -0.361 e. The van der Waals surface area contributed by atoms with Gasteiger partial charge in [0.2, 0.25) is 0 Å². The Labute approximate surface area is 179 Å². The maximum absolute atomic E-state index is 9.07. The molecule has 0 aliphatic carbocycles. The zero-order valence-electron chi connectivity index (χ0n) is 17.2. The number of hydrogen-bond acceptors (Lipinski definition) is 5. The van der Waals surface area contributed by atoms with E-state index in [0.29, 0.717) is 12.2 Å². The lowest BCUT2D eigenvalue weighted by molar-refractivity contribution is 0.393. The number of benzene rings is 1. The Bertz CT molecular complexity index is 1400. The number of rotatable bonds is 4. The van der Waals surface area contributed by atoms with Crippen molar-refractivity contribution in [3.8, 4) is 28.3 Å². The fraction of sp³-hybridized carbons (Fsp3) is 0.120. The highest BCUT2D eigenvalue weighted by molar-refractivity contribution is 5.98. The van der Waals surface area contributed by atoms with Crippen molar-refractivity contribution in [2.75, 3.05) is 0 Å². The van der Waals surface area contributed by atoms with E-state index in [2.05, 4.69) is 50.2 Å². The Balaban J connectivity index is 1.70. The molecule has 0 atom stereocenters. The summed E-state index contributed by atoms with van der Waals surface area (Å²) < 4.78 is 7.58. The summed E-state index contributed by atoms with van der Waals surface area (Å²) in [4.78, 5) is 8.74. The number of fused-ring (bicyclic) bond motifs is 1. The van der Waals surface area contributed by atoms with E-state index in [-0.39, 0.29) is 0 Å². The smallest absolute Gasteiger partial charge is 0.141 e. The van der Waals surface area contributed by atoms with Crippen LogP contribution in [-0.2, 0) is 6.54 Å². The minimum atomic E-state index is 0.404. The number of hydrogen-bond donors (Lipinski definition) is 0. The molecule has 0 saturated carbocycles. The first-order valence-electron chi connectivity index (χ1n) is 9.96. The molecule has 0 saturated heterocycles. The molecular weight excluding hydrogens is 386 g/mol. The molecule has 150 valence electrons. The zero-order valence-corrected chi connectivity index (χ0v) is 17.2. The van der Waals surface area contributed by atoms with Gasteiger partial charge in [-0.15, -0.1) is 0 Å². The number of aryl methyl sites for hydroxylation is 2. The van der Waals surface area contributed by atoms with E-state index in [4.69, 9.17) is 9.78 Å². The van der Waals surface area contributed by atoms with Gasteiger partial charge in [-0.2, -0.15) is 5.26 Å². The molecule has 31 heavy (non-hydrogen) atoms. The summed E-state index contributed by atoms with van der Waals surface area (Å²) in [5.41, 5.74) is 7.46. The molecule has 4 aromatic heterocycles. The van der Waals surface area contributed by atoms with Gasteiger partial charge in [-0.25, -0.2) is 4.98 Å². The van der Waals surface area contributed by atoms with Crippen molar-refractivity contribution in [2.45, 2.75) is 20.4 Å². The maximum atomic E-state index is 9.07. The zero-order chi connectivity index (χ0) is 21.4. The summed E-state index contributed by atoms with van der Waals surface area (Å²) in [7, 11) is 0. The molecule has 6 heteroatoms. The average Bonchev–Trinajstić information content (AvgIpc) is 3.33. The van der Waals surface area contributed by atoms with Crippen LogP contribution < -0.4 is 0 Å². The molecule has 5 aromatic rings. The van der Waals surface area contributed by atoms with E-state index in [1.807, 2.05) is 44.3 Å². The fourth-order valence-corrected chi connectivity index (χ4v) is 3.99. The molecule has 0 N–H and O–H groups in total. The van der Waals surface area contributed by atoms with Crippen molar-refractivity contribution < 1.29 is 4.52 Å². The molecule has 0 amide bonds. The summed E-state index contributed by atoms with van der Waals surface area (Å²) >= 11 is 0. The summed E-state index contributed by atoms with van der Waals surface area (Å²) in [6, 6.07) is 18.1. The Hall–Kier alpha value is -4.24. The van der Waals surface area contributed by atoms with Gasteiger partial charge in [0.05, 0.1) is 17.9 Å². The molecule has 0 bridgehead atoms. The molecule has 0 unspecified atom stereocenters. The summed E-state index contributed by atoms with van der Waals surface area (Å²) in [5, 5.41) is 14.3. The third-order valence-electron chi connectivity index (χ3n) is 5.45. The van der Waals surface area contributed by atoms with Gasteiger partial charge in [-0.3, -0.25) is 4.98 Å². The quantitative estimate of drug-likeness (QED) is 0.406. The Morgan fingerprint density at radius 3 is 2.58 bits per heavy atom. The standard InChI is InChI=1S/C25H19N5O/c1-16-25(17(2)31-29-16)18-7-9-22-23(19-6-8-20(12-26)28-13-19)15-30(24(22)11-18)14-21-5-3-4-10-27-21/h3-11,13,15H,14H2,1-2H3. The van der Waals surface area contributed by atoms with Crippen LogP contribution in [0.2, 0.25) is 0 Å². The van der Waals surface area contributed by atoms with Crippen LogP contribution in [0.3, 0.4) is 0 Å². The average molecular weight is 405 g/mol. The molecule has 6 nitrogen and oxygen atoms in total.